The largest absolute Gasteiger partial charge is 0.861 e. The van der Waals surface area contributed by atoms with Gasteiger partial charge < -0.3 is 14.9 Å². The highest BCUT2D eigenvalue weighted by Crippen LogP contribution is 2.44. The molecule has 1 saturated heterocycles. The van der Waals surface area contributed by atoms with E-state index >= 15 is 0 Å². The molecule has 0 saturated carbocycles. The smallest absolute Gasteiger partial charge is 0.324 e. The van der Waals surface area contributed by atoms with Crippen LogP contribution in [0.2, 0.25) is 0 Å². The number of ether oxygens (including phenoxy) is 1. The van der Waals surface area contributed by atoms with Gasteiger partial charge in [-0.1, -0.05) is 18.7 Å². The minimum Gasteiger partial charge on any atom is -0.861 e. The van der Waals surface area contributed by atoms with Gasteiger partial charge in [0, 0.05) is 24.4 Å². The molecule has 0 bridgehead atoms. The average molecular weight is 504 g/mol. The van der Waals surface area contributed by atoms with Crippen LogP contribution in [0, 0.1) is 20.8 Å². The second-order valence-corrected chi connectivity index (χ2v) is 10.2. The number of aliphatic imine (C=N–C) groups is 1. The first-order valence-electron chi connectivity index (χ1n) is 11.9. The summed E-state index contributed by atoms with van der Waals surface area (Å²) in [6.07, 6.45) is 2.66. The number of hydrogen-bond acceptors (Lipinski definition) is 10. The van der Waals surface area contributed by atoms with Crippen LogP contribution in [-0.2, 0) is 11.2 Å². The zero-order valence-corrected chi connectivity index (χ0v) is 21.8. The molecule has 1 aromatic heterocycles. The number of carbonyl (C=O) groups excluding carboxylic acids is 1. The summed E-state index contributed by atoms with van der Waals surface area (Å²) in [5, 5.41) is 28.5. The zero-order chi connectivity index (χ0) is 25.3. The van der Waals surface area contributed by atoms with Gasteiger partial charge in [-0.3, -0.25) is 14.2 Å². The van der Waals surface area contributed by atoms with E-state index in [9.17, 15) is 15.0 Å². The highest BCUT2D eigenvalue weighted by atomic mass is 32.2. The molecule has 1 unspecified atom stereocenters. The third kappa shape index (κ3) is 5.11. The number of piperazine rings is 1. The molecule has 1 atom stereocenters. The molecule has 0 radical (unpaired) electrons. The third-order valence-corrected chi connectivity index (χ3v) is 8.13. The monoisotopic (exact) mass is 503 g/mol. The highest BCUT2D eigenvalue weighted by molar-refractivity contribution is 8.14. The van der Waals surface area contributed by atoms with Gasteiger partial charge in [0.15, 0.2) is 5.60 Å². The van der Waals surface area contributed by atoms with E-state index in [4.69, 9.17) is 9.26 Å². The van der Waals surface area contributed by atoms with Crippen molar-refractivity contribution in [3.8, 4) is 11.5 Å². The molecule has 1 fully saturated rings. The van der Waals surface area contributed by atoms with Gasteiger partial charge in [-0.15, -0.1) is 0 Å². The van der Waals surface area contributed by atoms with Crippen molar-refractivity contribution in [2.24, 2.45) is 4.99 Å². The summed E-state index contributed by atoms with van der Waals surface area (Å²) in [6.45, 7) is 14.0. The van der Waals surface area contributed by atoms with E-state index < -0.39 is 11.5 Å². The molecular weight excluding hydrogens is 470 g/mol. The Morgan fingerprint density at radius 3 is 2.66 bits per heavy atom. The number of carbonyl (C=O) groups is 1. The Kier molecular flexibility index (Phi) is 7.27. The van der Waals surface area contributed by atoms with E-state index in [0.717, 1.165) is 66.7 Å². The molecule has 1 aromatic carbocycles. The molecule has 0 aliphatic carbocycles. The van der Waals surface area contributed by atoms with E-state index in [0.29, 0.717) is 18.6 Å². The molecule has 2 aromatic rings. The number of phenolic OH excluding ortho intramolecular Hbond substituents is 1. The number of phenols is 1. The fourth-order valence-corrected chi connectivity index (χ4v) is 5.27. The van der Waals surface area contributed by atoms with Crippen LogP contribution in [0.1, 0.15) is 42.5 Å². The van der Waals surface area contributed by atoms with E-state index in [2.05, 4.69) is 22.1 Å². The quantitative estimate of drug-likeness (QED) is 0.353. The van der Waals surface area contributed by atoms with Gasteiger partial charge in [-0.05, 0) is 69.7 Å². The van der Waals surface area contributed by atoms with Crippen molar-refractivity contribution in [3.05, 3.63) is 28.5 Å². The number of likely N-dealkylation sites (N-methyl/N-ethyl adjacent to an activating group) is 1. The number of nitrogens with zero attached hydrogens (tertiary/aromatic N) is 5. The molecular formula is C24H33N5O5S. The maximum atomic E-state index is 13.0. The van der Waals surface area contributed by atoms with E-state index in [-0.39, 0.29) is 22.5 Å². The fraction of sp³-hybridized carbons (Fsp3) is 0.583. The lowest BCUT2D eigenvalue weighted by molar-refractivity contribution is -0.759. The number of aromatic hydroxyl groups is 1. The maximum absolute atomic E-state index is 13.0. The summed E-state index contributed by atoms with van der Waals surface area (Å²) in [5.74, 6) is 0.444. The molecule has 1 N–H and O–H groups in total. The summed E-state index contributed by atoms with van der Waals surface area (Å²) in [4.78, 5) is 20.9. The standard InChI is InChI=1S/C24H33N5O5S/c1-6-27-9-11-28(12-10-27)29-13-20(34-26-29)25-19(30)14-35-23(32)24(5)8-7-18-17(4)21(31)15(2)16(3)22(18)33-24/h13H,6-12,14H2,1-5H3,(H-,25,26,30,31). The Morgan fingerprint density at radius 1 is 1.26 bits per heavy atom. The minimum atomic E-state index is -1.06. The van der Waals surface area contributed by atoms with Crippen molar-refractivity contribution in [2.75, 3.05) is 43.5 Å². The van der Waals surface area contributed by atoms with Crippen molar-refractivity contribution in [1.29, 1.82) is 0 Å². The molecule has 0 amide bonds. The van der Waals surface area contributed by atoms with Gasteiger partial charge in [0.05, 0.1) is 17.9 Å². The molecule has 2 aliphatic heterocycles. The molecule has 190 valence electrons. The van der Waals surface area contributed by atoms with Crippen LogP contribution in [-0.4, -0.2) is 70.4 Å². The van der Waals surface area contributed by atoms with Gasteiger partial charge >= 0.3 is 5.88 Å². The molecule has 2 aliphatic rings. The van der Waals surface area contributed by atoms with Gasteiger partial charge in [-0.25, -0.2) is 4.99 Å². The van der Waals surface area contributed by atoms with Crippen molar-refractivity contribution >= 4 is 28.7 Å². The number of rotatable bonds is 6. The van der Waals surface area contributed by atoms with Gasteiger partial charge in [-0.2, -0.15) is 5.01 Å². The molecule has 11 heteroatoms. The first kappa shape index (κ1) is 25.3. The molecule has 35 heavy (non-hydrogen) atoms. The van der Waals surface area contributed by atoms with E-state index in [1.165, 1.54) is 0 Å². The van der Waals surface area contributed by atoms with Gasteiger partial charge in [0.1, 0.15) is 11.5 Å². The topological polar surface area (TPSA) is 118 Å². The summed E-state index contributed by atoms with van der Waals surface area (Å²) >= 11 is 0.897. The van der Waals surface area contributed by atoms with E-state index in [1.807, 2.05) is 25.8 Å². The van der Waals surface area contributed by atoms with Crippen LogP contribution in [0.4, 0.5) is 5.88 Å². The second kappa shape index (κ2) is 10.1. The molecule has 0 spiro atoms. The van der Waals surface area contributed by atoms with Crippen LogP contribution in [0.5, 0.6) is 11.5 Å². The van der Waals surface area contributed by atoms with Crippen molar-refractivity contribution in [2.45, 2.75) is 53.1 Å². The maximum Gasteiger partial charge on any atom is 0.324 e. The summed E-state index contributed by atoms with van der Waals surface area (Å²) in [7, 11) is 0. The van der Waals surface area contributed by atoms with Crippen molar-refractivity contribution in [3.63, 3.8) is 0 Å². The number of hydrogen-bond donors (Lipinski definition) is 1. The number of thioether (sulfide) groups is 1. The van der Waals surface area contributed by atoms with Crippen LogP contribution in [0.3, 0.4) is 0 Å². The fourth-order valence-electron chi connectivity index (χ4n) is 4.50. The Hall–Kier alpha value is -2.79. The molecule has 4 rings (SSSR count). The Morgan fingerprint density at radius 2 is 1.97 bits per heavy atom. The molecule has 10 nitrogen and oxygen atoms in total. The summed E-state index contributed by atoms with van der Waals surface area (Å²) in [5.41, 5.74) is 2.23. The summed E-state index contributed by atoms with van der Waals surface area (Å²) < 4.78 is 11.4. The van der Waals surface area contributed by atoms with Crippen molar-refractivity contribution in [1.82, 2.24) is 10.2 Å². The summed E-state index contributed by atoms with van der Waals surface area (Å²) in [6, 6.07) is 0. The molecule has 3 heterocycles. The first-order valence-corrected chi connectivity index (χ1v) is 12.9. The minimum absolute atomic E-state index is 0.108. The third-order valence-electron chi connectivity index (χ3n) is 7.04. The lowest BCUT2D eigenvalue weighted by Gasteiger charge is -2.36. The number of fused-ring (bicyclic) bond motifs is 1. The predicted molar refractivity (Wildman–Crippen MR) is 131 cm³/mol. The Balaban J connectivity index is 1.37. The average Bonchev–Trinajstić information content (AvgIpc) is 3.33. The van der Waals surface area contributed by atoms with Gasteiger partial charge in [0.2, 0.25) is 10.4 Å². The number of benzene rings is 1. The Bertz CT molecular complexity index is 1140. The van der Waals surface area contributed by atoms with Crippen LogP contribution in [0.15, 0.2) is 15.7 Å². The van der Waals surface area contributed by atoms with Crippen LogP contribution in [0.25, 0.3) is 0 Å². The lowest BCUT2D eigenvalue weighted by atomic mass is 9.87. The predicted octanol–water partition coefficient (Wildman–Crippen LogP) is 1.30. The zero-order valence-electron chi connectivity index (χ0n) is 21.0. The van der Waals surface area contributed by atoms with Crippen LogP contribution < -0.4 is 19.6 Å². The van der Waals surface area contributed by atoms with Gasteiger partial charge in [0.25, 0.3) is 6.20 Å². The lowest BCUT2D eigenvalue weighted by Crippen LogP contribution is -2.65. The second-order valence-electron chi connectivity index (χ2n) is 9.29. The van der Waals surface area contributed by atoms with E-state index in [1.54, 1.807) is 17.9 Å². The first-order chi connectivity index (χ1) is 16.6. The Labute approximate surface area is 209 Å². The SMILES string of the molecule is CCN1CCN([n+]2cc(N=C([O-])CSC(=O)C3(C)CCc4c(C)c(O)c(C)c(C)c4O3)on2)CC1. The van der Waals surface area contributed by atoms with Crippen molar-refractivity contribution < 1.29 is 29.1 Å². The normalized spacial score (nSPS) is 21.1. The number of aromatic nitrogens is 2. The highest BCUT2D eigenvalue weighted by Gasteiger charge is 2.40. The van der Waals surface area contributed by atoms with Crippen LogP contribution >= 0.6 is 11.8 Å².